The minimum absolute atomic E-state index is 0.317. The van der Waals surface area contributed by atoms with Gasteiger partial charge in [-0.1, -0.05) is 11.6 Å². The van der Waals surface area contributed by atoms with Crippen LogP contribution >= 0.6 is 11.6 Å². The second kappa shape index (κ2) is 4.76. The van der Waals surface area contributed by atoms with Crippen LogP contribution in [0.2, 0.25) is 5.02 Å². The predicted molar refractivity (Wildman–Crippen MR) is 77.9 cm³/mol. The van der Waals surface area contributed by atoms with Gasteiger partial charge in [-0.15, -0.1) is 0 Å². The maximum absolute atomic E-state index is 8.79. The fourth-order valence-electron chi connectivity index (χ4n) is 1.80. The molecule has 0 aliphatic carbocycles. The van der Waals surface area contributed by atoms with Gasteiger partial charge in [0, 0.05) is 5.69 Å². The van der Waals surface area contributed by atoms with E-state index in [1.807, 2.05) is 6.07 Å². The number of benzene rings is 2. The van der Waals surface area contributed by atoms with Crippen molar-refractivity contribution < 1.29 is 4.42 Å². The van der Waals surface area contributed by atoms with Gasteiger partial charge in [0.25, 0.3) is 6.01 Å². The number of hydrogen-bond donors (Lipinski definition) is 2. The fourth-order valence-corrected chi connectivity index (χ4v) is 2.03. The molecule has 1 aromatic heterocycles. The number of nitriles is 1. The van der Waals surface area contributed by atoms with Gasteiger partial charge in [0.2, 0.25) is 0 Å². The molecule has 0 unspecified atom stereocenters. The number of fused-ring (bicyclic) bond motifs is 1. The van der Waals surface area contributed by atoms with Crippen LogP contribution in [0.15, 0.2) is 40.8 Å². The topological polar surface area (TPSA) is 87.9 Å². The average Bonchev–Trinajstić information content (AvgIpc) is 2.82. The molecule has 2 aromatic carbocycles. The molecule has 0 amide bonds. The van der Waals surface area contributed by atoms with E-state index >= 15 is 0 Å². The third kappa shape index (κ3) is 2.25. The lowest BCUT2D eigenvalue weighted by Gasteiger charge is -2.03. The molecule has 1 heterocycles. The van der Waals surface area contributed by atoms with Crippen molar-refractivity contribution in [3.63, 3.8) is 0 Å². The second-order valence-electron chi connectivity index (χ2n) is 4.18. The first-order chi connectivity index (χ1) is 9.65. The molecule has 5 nitrogen and oxygen atoms in total. The van der Waals surface area contributed by atoms with Crippen LogP contribution in [0.3, 0.4) is 0 Å². The lowest BCUT2D eigenvalue weighted by molar-refractivity contribution is 0.623. The average molecular weight is 285 g/mol. The maximum Gasteiger partial charge on any atom is 0.300 e. The van der Waals surface area contributed by atoms with E-state index in [9.17, 15) is 0 Å². The molecule has 3 rings (SSSR count). The number of nitrogens with two attached hydrogens (primary N) is 1. The van der Waals surface area contributed by atoms with Gasteiger partial charge < -0.3 is 15.5 Å². The summed E-state index contributed by atoms with van der Waals surface area (Å²) in [4.78, 5) is 4.27. The molecular weight excluding hydrogens is 276 g/mol. The van der Waals surface area contributed by atoms with Crippen molar-refractivity contribution in [3.05, 3.63) is 47.0 Å². The minimum atomic E-state index is 0.317. The number of oxazole rings is 1. The fraction of sp³-hybridized carbons (Fsp3) is 0. The summed E-state index contributed by atoms with van der Waals surface area (Å²) >= 11 is 6.08. The van der Waals surface area contributed by atoms with E-state index in [4.69, 9.17) is 27.0 Å². The lowest BCUT2D eigenvalue weighted by atomic mass is 10.2. The van der Waals surface area contributed by atoms with Gasteiger partial charge in [0.15, 0.2) is 5.58 Å². The number of halogens is 1. The largest absolute Gasteiger partial charge is 0.423 e. The van der Waals surface area contributed by atoms with Gasteiger partial charge in [-0.05, 0) is 36.4 Å². The first-order valence-electron chi connectivity index (χ1n) is 5.78. The molecule has 3 N–H and O–H groups in total. The molecule has 0 saturated carbocycles. The lowest BCUT2D eigenvalue weighted by Crippen LogP contribution is -1.91. The van der Waals surface area contributed by atoms with Gasteiger partial charge in [-0.2, -0.15) is 10.2 Å². The number of hydrogen-bond acceptors (Lipinski definition) is 5. The van der Waals surface area contributed by atoms with E-state index in [0.717, 1.165) is 0 Å². The molecule has 98 valence electrons. The zero-order chi connectivity index (χ0) is 14.1. The van der Waals surface area contributed by atoms with E-state index in [1.165, 1.54) is 0 Å². The summed E-state index contributed by atoms with van der Waals surface area (Å²) in [6.45, 7) is 0. The molecule has 0 radical (unpaired) electrons. The summed E-state index contributed by atoms with van der Waals surface area (Å²) in [5.74, 6) is 0. The summed E-state index contributed by atoms with van der Waals surface area (Å²) in [6, 6.07) is 12.5. The SMILES string of the molecule is N#Cc1ccc(Nc2nc3cc(N)ccc3o2)c(Cl)c1. The molecule has 0 aliphatic rings. The van der Waals surface area contributed by atoms with Crippen LogP contribution in [0, 0.1) is 11.3 Å². The molecule has 20 heavy (non-hydrogen) atoms. The molecular formula is C14H9ClN4O. The van der Waals surface area contributed by atoms with Crippen molar-refractivity contribution in [1.82, 2.24) is 4.98 Å². The van der Waals surface area contributed by atoms with Gasteiger partial charge >= 0.3 is 0 Å². The quantitative estimate of drug-likeness (QED) is 0.701. The minimum Gasteiger partial charge on any atom is -0.423 e. The maximum atomic E-state index is 8.79. The van der Waals surface area contributed by atoms with Gasteiger partial charge in [-0.25, -0.2) is 0 Å². The Morgan fingerprint density at radius 1 is 1.25 bits per heavy atom. The first-order valence-corrected chi connectivity index (χ1v) is 6.16. The Hall–Kier alpha value is -2.71. The molecule has 6 heteroatoms. The Kier molecular flexibility index (Phi) is 2.93. The number of nitrogens with one attached hydrogen (secondary N) is 1. The van der Waals surface area contributed by atoms with Crippen LogP contribution in [0.1, 0.15) is 5.56 Å². The van der Waals surface area contributed by atoms with Crippen LogP contribution in [-0.4, -0.2) is 4.98 Å². The van der Waals surface area contributed by atoms with Crippen molar-refractivity contribution in [2.45, 2.75) is 0 Å². The van der Waals surface area contributed by atoms with Crippen molar-refractivity contribution in [3.8, 4) is 6.07 Å². The summed E-state index contributed by atoms with van der Waals surface area (Å²) in [5.41, 5.74) is 8.71. The Bertz CT molecular complexity index is 835. The highest BCUT2D eigenvalue weighted by Crippen LogP contribution is 2.28. The van der Waals surface area contributed by atoms with Crippen molar-refractivity contribution in [1.29, 1.82) is 5.26 Å². The highest BCUT2D eigenvalue weighted by atomic mass is 35.5. The monoisotopic (exact) mass is 284 g/mol. The Labute approximate surface area is 119 Å². The second-order valence-corrected chi connectivity index (χ2v) is 4.58. The zero-order valence-electron chi connectivity index (χ0n) is 10.2. The number of anilines is 3. The van der Waals surface area contributed by atoms with Crippen LogP contribution < -0.4 is 11.1 Å². The molecule has 3 aromatic rings. The van der Waals surface area contributed by atoms with Gasteiger partial charge in [-0.3, -0.25) is 0 Å². The number of nitrogen functional groups attached to an aromatic ring is 1. The Morgan fingerprint density at radius 3 is 2.85 bits per heavy atom. The molecule has 0 spiro atoms. The van der Waals surface area contributed by atoms with Crippen LogP contribution in [0.25, 0.3) is 11.1 Å². The Morgan fingerprint density at radius 2 is 2.10 bits per heavy atom. The van der Waals surface area contributed by atoms with Crippen molar-refractivity contribution in [2.24, 2.45) is 0 Å². The Balaban J connectivity index is 1.95. The van der Waals surface area contributed by atoms with Crippen molar-refractivity contribution in [2.75, 3.05) is 11.1 Å². The van der Waals surface area contributed by atoms with Gasteiger partial charge in [0.05, 0.1) is 22.3 Å². The first kappa shape index (κ1) is 12.3. The highest BCUT2D eigenvalue weighted by Gasteiger charge is 2.08. The molecule has 0 atom stereocenters. The summed E-state index contributed by atoms with van der Waals surface area (Å²) in [7, 11) is 0. The summed E-state index contributed by atoms with van der Waals surface area (Å²) in [5, 5.41) is 12.2. The number of nitrogens with zero attached hydrogens (tertiary/aromatic N) is 2. The van der Waals surface area contributed by atoms with Crippen molar-refractivity contribution >= 4 is 40.1 Å². The van der Waals surface area contributed by atoms with E-state index < -0.39 is 0 Å². The highest BCUT2D eigenvalue weighted by molar-refractivity contribution is 6.33. The third-order valence-electron chi connectivity index (χ3n) is 2.75. The number of aromatic nitrogens is 1. The molecule has 0 fully saturated rings. The smallest absolute Gasteiger partial charge is 0.300 e. The van der Waals surface area contributed by atoms with E-state index in [-0.39, 0.29) is 0 Å². The standard InChI is InChI=1S/C14H9ClN4O/c15-10-5-8(7-16)1-3-11(10)18-14-19-12-6-9(17)2-4-13(12)20-14/h1-6H,17H2,(H,18,19). The van der Waals surface area contributed by atoms with E-state index in [0.29, 0.717) is 39.1 Å². The predicted octanol–water partition coefficient (Wildman–Crippen LogP) is 3.68. The normalized spacial score (nSPS) is 10.4. The van der Waals surface area contributed by atoms with Gasteiger partial charge in [0.1, 0.15) is 5.52 Å². The molecule has 0 bridgehead atoms. The molecule has 0 aliphatic heterocycles. The molecule has 0 saturated heterocycles. The van der Waals surface area contributed by atoms with E-state index in [1.54, 1.807) is 36.4 Å². The van der Waals surface area contributed by atoms with Crippen LogP contribution in [0.5, 0.6) is 0 Å². The third-order valence-corrected chi connectivity index (χ3v) is 3.06. The summed E-state index contributed by atoms with van der Waals surface area (Å²) < 4.78 is 5.54. The number of rotatable bonds is 2. The zero-order valence-corrected chi connectivity index (χ0v) is 11.0. The van der Waals surface area contributed by atoms with E-state index in [2.05, 4.69) is 10.3 Å². The van der Waals surface area contributed by atoms with Crippen LogP contribution in [-0.2, 0) is 0 Å². The van der Waals surface area contributed by atoms with Crippen LogP contribution in [0.4, 0.5) is 17.4 Å². The summed E-state index contributed by atoms with van der Waals surface area (Å²) in [6.07, 6.45) is 0.